The van der Waals surface area contributed by atoms with Gasteiger partial charge in [0, 0.05) is 35.2 Å². The highest BCUT2D eigenvalue weighted by molar-refractivity contribution is 6.30. The topological polar surface area (TPSA) is 84.7 Å². The zero-order valence-electron chi connectivity index (χ0n) is 24.1. The second-order valence-corrected chi connectivity index (χ2v) is 11.7. The molecule has 7 nitrogen and oxygen atoms in total. The van der Waals surface area contributed by atoms with Crippen molar-refractivity contribution in [1.82, 2.24) is 15.4 Å². The smallest absolute Gasteiger partial charge is 0.410 e. The van der Waals surface area contributed by atoms with Crippen molar-refractivity contribution < 1.29 is 18.8 Å². The number of ether oxygens (including phenoxy) is 1. The number of aromatic nitrogens is 1. The van der Waals surface area contributed by atoms with E-state index in [0.717, 1.165) is 33.4 Å². The van der Waals surface area contributed by atoms with Crippen LogP contribution in [0.15, 0.2) is 102 Å². The molecule has 1 atom stereocenters. The SMILES string of the molecule is Cc1c(CNC(=O)C2CN(C(=O)OCC3c4ccccc4-c4ccccc43)Cc3ccccc32)noc1-c1ccc(Cl)cc1. The van der Waals surface area contributed by atoms with Crippen LogP contribution in [0.3, 0.4) is 0 Å². The van der Waals surface area contributed by atoms with Crippen LogP contribution in [-0.2, 0) is 22.6 Å². The molecule has 0 fully saturated rings. The number of benzene rings is 4. The number of amides is 2. The van der Waals surface area contributed by atoms with Crippen LogP contribution in [0.1, 0.15) is 45.3 Å². The number of nitrogens with one attached hydrogen (secondary N) is 1. The van der Waals surface area contributed by atoms with Crippen molar-refractivity contribution in [3.63, 3.8) is 0 Å². The average Bonchev–Trinajstić information content (AvgIpc) is 3.59. The van der Waals surface area contributed by atoms with Gasteiger partial charge < -0.3 is 19.5 Å². The number of halogens is 1. The Morgan fingerprint density at radius 2 is 1.55 bits per heavy atom. The molecule has 220 valence electrons. The molecule has 0 bridgehead atoms. The van der Waals surface area contributed by atoms with E-state index in [2.05, 4.69) is 34.7 Å². The second kappa shape index (κ2) is 11.7. The van der Waals surface area contributed by atoms with Gasteiger partial charge in [0.2, 0.25) is 5.91 Å². The maximum atomic E-state index is 13.6. The lowest BCUT2D eigenvalue weighted by Gasteiger charge is -2.33. The predicted molar refractivity (Wildman–Crippen MR) is 168 cm³/mol. The van der Waals surface area contributed by atoms with Gasteiger partial charge >= 0.3 is 6.09 Å². The molecular formula is C36H30ClN3O4. The summed E-state index contributed by atoms with van der Waals surface area (Å²) in [5.74, 6) is -0.145. The Labute approximate surface area is 260 Å². The largest absolute Gasteiger partial charge is 0.448 e. The molecule has 1 aromatic heterocycles. The van der Waals surface area contributed by atoms with Gasteiger partial charge in [0.25, 0.3) is 0 Å². The fourth-order valence-corrected chi connectivity index (χ4v) is 6.48. The lowest BCUT2D eigenvalue weighted by Crippen LogP contribution is -2.44. The van der Waals surface area contributed by atoms with Crippen molar-refractivity contribution in [2.24, 2.45) is 0 Å². The zero-order valence-corrected chi connectivity index (χ0v) is 24.9. The second-order valence-electron chi connectivity index (χ2n) is 11.2. The van der Waals surface area contributed by atoms with E-state index in [-0.39, 0.29) is 31.5 Å². The molecule has 1 unspecified atom stereocenters. The Morgan fingerprint density at radius 3 is 2.25 bits per heavy atom. The van der Waals surface area contributed by atoms with E-state index in [1.807, 2.05) is 67.6 Å². The molecular weight excluding hydrogens is 574 g/mol. The molecule has 2 amide bonds. The summed E-state index contributed by atoms with van der Waals surface area (Å²) < 4.78 is 11.5. The standard InChI is InChI=1S/C36H30ClN3O4/c1-22-33(39-44-34(22)23-14-16-25(37)17-15-23)18-38-35(41)31-20-40(19-24-8-2-3-9-26(24)31)36(42)43-21-32-29-12-6-4-10-27(29)28-11-5-7-13-30(28)32/h2-17,31-32H,18-21H2,1H3,(H,38,41). The quantitative estimate of drug-likeness (QED) is 0.218. The maximum Gasteiger partial charge on any atom is 0.410 e. The molecule has 0 radical (unpaired) electrons. The van der Waals surface area contributed by atoms with Crippen LogP contribution < -0.4 is 5.32 Å². The van der Waals surface area contributed by atoms with Crippen LogP contribution in [0.4, 0.5) is 4.79 Å². The van der Waals surface area contributed by atoms with Gasteiger partial charge in [0.05, 0.1) is 12.5 Å². The van der Waals surface area contributed by atoms with E-state index in [0.29, 0.717) is 23.0 Å². The molecule has 0 spiro atoms. The van der Waals surface area contributed by atoms with Gasteiger partial charge in [-0.15, -0.1) is 0 Å². The molecule has 1 N–H and O–H groups in total. The summed E-state index contributed by atoms with van der Waals surface area (Å²) in [7, 11) is 0. The number of rotatable bonds is 6. The van der Waals surface area contributed by atoms with Gasteiger partial charge in [0.15, 0.2) is 5.76 Å². The van der Waals surface area contributed by atoms with Crippen LogP contribution in [0.2, 0.25) is 5.02 Å². The van der Waals surface area contributed by atoms with Crippen molar-refractivity contribution in [2.45, 2.75) is 31.8 Å². The molecule has 0 saturated heterocycles. The number of hydrogen-bond acceptors (Lipinski definition) is 5. The minimum atomic E-state index is -0.552. The van der Waals surface area contributed by atoms with Crippen molar-refractivity contribution in [2.75, 3.05) is 13.2 Å². The Bertz CT molecular complexity index is 1820. The Kier molecular flexibility index (Phi) is 7.40. The van der Waals surface area contributed by atoms with Crippen molar-refractivity contribution in [3.8, 4) is 22.5 Å². The van der Waals surface area contributed by atoms with Gasteiger partial charge in [0.1, 0.15) is 12.3 Å². The van der Waals surface area contributed by atoms with E-state index in [4.69, 9.17) is 20.9 Å². The normalized spacial score (nSPS) is 15.3. The lowest BCUT2D eigenvalue weighted by atomic mass is 9.89. The van der Waals surface area contributed by atoms with Gasteiger partial charge in [-0.05, 0) is 64.6 Å². The predicted octanol–water partition coefficient (Wildman–Crippen LogP) is 7.47. The van der Waals surface area contributed by atoms with E-state index < -0.39 is 12.0 Å². The van der Waals surface area contributed by atoms with Crippen LogP contribution in [-0.4, -0.2) is 35.2 Å². The molecule has 7 rings (SSSR count). The average molecular weight is 604 g/mol. The molecule has 0 saturated carbocycles. The number of carbonyl (C=O) groups is 2. The first kappa shape index (κ1) is 27.9. The monoisotopic (exact) mass is 603 g/mol. The molecule has 1 aliphatic heterocycles. The molecule has 5 aromatic rings. The van der Waals surface area contributed by atoms with Crippen molar-refractivity contribution >= 4 is 23.6 Å². The summed E-state index contributed by atoms with van der Waals surface area (Å²) in [5.41, 5.74) is 8.84. The number of nitrogens with zero attached hydrogens (tertiary/aromatic N) is 2. The summed E-state index contributed by atoms with van der Waals surface area (Å²) in [6.45, 7) is 2.93. The van der Waals surface area contributed by atoms with E-state index in [1.54, 1.807) is 17.0 Å². The third-order valence-electron chi connectivity index (χ3n) is 8.66. The highest BCUT2D eigenvalue weighted by Crippen LogP contribution is 2.44. The summed E-state index contributed by atoms with van der Waals surface area (Å²) in [6, 6.07) is 31.6. The van der Waals surface area contributed by atoms with Gasteiger partial charge in [-0.25, -0.2) is 4.79 Å². The van der Waals surface area contributed by atoms with E-state index >= 15 is 0 Å². The summed E-state index contributed by atoms with van der Waals surface area (Å²) in [6.07, 6.45) is -0.431. The van der Waals surface area contributed by atoms with E-state index in [9.17, 15) is 9.59 Å². The third kappa shape index (κ3) is 5.13. The van der Waals surface area contributed by atoms with Gasteiger partial charge in [-0.2, -0.15) is 0 Å². The molecule has 4 aromatic carbocycles. The first-order chi connectivity index (χ1) is 21.5. The first-order valence-corrected chi connectivity index (χ1v) is 15.0. The highest BCUT2D eigenvalue weighted by Gasteiger charge is 2.35. The van der Waals surface area contributed by atoms with Gasteiger partial charge in [-0.1, -0.05) is 89.6 Å². The first-order valence-electron chi connectivity index (χ1n) is 14.6. The van der Waals surface area contributed by atoms with Crippen LogP contribution in [0, 0.1) is 6.92 Å². The van der Waals surface area contributed by atoms with E-state index in [1.165, 1.54) is 11.1 Å². The van der Waals surface area contributed by atoms with Gasteiger partial charge in [-0.3, -0.25) is 4.79 Å². The Balaban J connectivity index is 1.05. The number of fused-ring (bicyclic) bond motifs is 4. The minimum Gasteiger partial charge on any atom is -0.448 e. The number of hydrogen-bond donors (Lipinski definition) is 1. The highest BCUT2D eigenvalue weighted by atomic mass is 35.5. The molecule has 2 heterocycles. The zero-order chi connectivity index (χ0) is 30.2. The van der Waals surface area contributed by atoms with Crippen molar-refractivity contribution in [3.05, 3.63) is 136 Å². The Hall–Kier alpha value is -4.88. The molecule has 1 aliphatic carbocycles. The van der Waals surface area contributed by atoms with Crippen LogP contribution in [0.25, 0.3) is 22.5 Å². The summed E-state index contributed by atoms with van der Waals surface area (Å²) >= 11 is 6.03. The summed E-state index contributed by atoms with van der Waals surface area (Å²) in [4.78, 5) is 28.7. The van der Waals surface area contributed by atoms with Crippen molar-refractivity contribution in [1.29, 1.82) is 0 Å². The fraction of sp³-hybridized carbons (Fsp3) is 0.194. The third-order valence-corrected chi connectivity index (χ3v) is 8.91. The summed E-state index contributed by atoms with van der Waals surface area (Å²) in [5, 5.41) is 7.86. The lowest BCUT2D eigenvalue weighted by molar-refractivity contribution is -0.123. The molecule has 8 heteroatoms. The molecule has 44 heavy (non-hydrogen) atoms. The minimum absolute atomic E-state index is 0.0361. The number of carbonyl (C=O) groups excluding carboxylic acids is 2. The maximum absolute atomic E-state index is 13.6. The van der Waals surface area contributed by atoms with Crippen LogP contribution >= 0.6 is 11.6 Å². The molecule has 2 aliphatic rings. The fourth-order valence-electron chi connectivity index (χ4n) is 6.35. The Morgan fingerprint density at radius 1 is 0.909 bits per heavy atom. The van der Waals surface area contributed by atoms with Crippen LogP contribution in [0.5, 0.6) is 0 Å².